The molecule has 112 valence electrons. The molecule has 1 aromatic carbocycles. The fourth-order valence-corrected chi connectivity index (χ4v) is 1.94. The number of hydrogen-bond donors (Lipinski definition) is 2. The Labute approximate surface area is 127 Å². The number of rotatable bonds is 6. The van der Waals surface area contributed by atoms with Crippen molar-refractivity contribution in [3.63, 3.8) is 0 Å². The quantitative estimate of drug-likeness (QED) is 0.844. The molecule has 0 spiro atoms. The van der Waals surface area contributed by atoms with Gasteiger partial charge in [-0.15, -0.1) is 0 Å². The van der Waals surface area contributed by atoms with Gasteiger partial charge < -0.3 is 10.6 Å². The number of benzene rings is 1. The van der Waals surface area contributed by atoms with E-state index in [0.717, 1.165) is 24.5 Å². The van der Waals surface area contributed by atoms with Gasteiger partial charge >= 0.3 is 0 Å². The van der Waals surface area contributed by atoms with Crippen LogP contribution in [0.4, 0.5) is 11.8 Å². The minimum atomic E-state index is 0.372. The van der Waals surface area contributed by atoms with Crippen LogP contribution < -0.4 is 10.6 Å². The molecule has 2 rings (SSSR count). The van der Waals surface area contributed by atoms with Crippen LogP contribution in [0.3, 0.4) is 0 Å². The molecule has 0 amide bonds. The fourth-order valence-electron chi connectivity index (χ4n) is 1.94. The molecule has 0 bridgehead atoms. The fraction of sp³-hybridized carbons (Fsp3) is 0.412. The zero-order valence-corrected chi connectivity index (χ0v) is 13.3. The Morgan fingerprint density at radius 3 is 2.48 bits per heavy atom. The van der Waals surface area contributed by atoms with Crippen LogP contribution in [0.5, 0.6) is 0 Å². The minimum Gasteiger partial charge on any atom is -0.366 e. The second-order valence-corrected chi connectivity index (χ2v) is 5.51. The molecular formula is C17H24N4. The van der Waals surface area contributed by atoms with Crippen LogP contribution in [-0.4, -0.2) is 16.0 Å². The number of nitrogens with one attached hydrogen (secondary N) is 2. The molecule has 1 unspecified atom stereocenters. The van der Waals surface area contributed by atoms with Crippen molar-refractivity contribution in [2.75, 3.05) is 10.6 Å². The first-order chi connectivity index (χ1) is 10.1. The standard InChI is InChI=1S/C17H24N4/c1-5-13(3)19-17-20-14(4)10-16(21-17)18-11-15-8-6-12(2)7-9-15/h6-10,13H,5,11H2,1-4H3,(H2,18,19,20,21). The summed E-state index contributed by atoms with van der Waals surface area (Å²) in [6.45, 7) is 9.12. The molecule has 4 heteroatoms. The van der Waals surface area contributed by atoms with Crippen molar-refractivity contribution in [3.05, 3.63) is 47.2 Å². The Hall–Kier alpha value is -2.10. The Morgan fingerprint density at radius 2 is 1.81 bits per heavy atom. The van der Waals surface area contributed by atoms with E-state index in [1.165, 1.54) is 11.1 Å². The second-order valence-electron chi connectivity index (χ2n) is 5.51. The highest BCUT2D eigenvalue weighted by molar-refractivity contribution is 5.43. The molecule has 0 aliphatic carbocycles. The van der Waals surface area contributed by atoms with E-state index in [9.17, 15) is 0 Å². The van der Waals surface area contributed by atoms with Crippen LogP contribution in [0.1, 0.15) is 37.1 Å². The van der Waals surface area contributed by atoms with Gasteiger partial charge in [0.15, 0.2) is 0 Å². The topological polar surface area (TPSA) is 49.8 Å². The predicted molar refractivity (Wildman–Crippen MR) is 88.7 cm³/mol. The number of hydrogen-bond acceptors (Lipinski definition) is 4. The van der Waals surface area contributed by atoms with Gasteiger partial charge in [-0.3, -0.25) is 0 Å². The van der Waals surface area contributed by atoms with E-state index in [4.69, 9.17) is 0 Å². The number of aromatic nitrogens is 2. The summed E-state index contributed by atoms with van der Waals surface area (Å²) in [5.41, 5.74) is 3.48. The Bertz CT molecular complexity index is 578. The molecule has 1 atom stereocenters. The molecular weight excluding hydrogens is 260 g/mol. The summed E-state index contributed by atoms with van der Waals surface area (Å²) in [7, 11) is 0. The van der Waals surface area contributed by atoms with Crippen LogP contribution in [0.25, 0.3) is 0 Å². The van der Waals surface area contributed by atoms with Gasteiger partial charge in [0.05, 0.1) is 0 Å². The van der Waals surface area contributed by atoms with Crippen molar-refractivity contribution in [1.29, 1.82) is 0 Å². The van der Waals surface area contributed by atoms with Crippen molar-refractivity contribution < 1.29 is 0 Å². The third-order valence-electron chi connectivity index (χ3n) is 3.44. The van der Waals surface area contributed by atoms with Gasteiger partial charge in [-0.1, -0.05) is 36.8 Å². The highest BCUT2D eigenvalue weighted by atomic mass is 15.1. The summed E-state index contributed by atoms with van der Waals surface area (Å²) < 4.78 is 0. The predicted octanol–water partition coefficient (Wildman–Crippen LogP) is 3.92. The molecule has 1 aromatic heterocycles. The van der Waals surface area contributed by atoms with Crippen LogP contribution in [-0.2, 0) is 6.54 Å². The Kier molecular flexibility index (Phi) is 5.14. The summed E-state index contributed by atoms with van der Waals surface area (Å²) >= 11 is 0. The van der Waals surface area contributed by atoms with Crippen molar-refractivity contribution in [1.82, 2.24) is 9.97 Å². The van der Waals surface area contributed by atoms with Crippen LogP contribution in [0, 0.1) is 13.8 Å². The maximum Gasteiger partial charge on any atom is 0.225 e. The van der Waals surface area contributed by atoms with Gasteiger partial charge in [-0.25, -0.2) is 4.98 Å². The van der Waals surface area contributed by atoms with Crippen molar-refractivity contribution >= 4 is 11.8 Å². The van der Waals surface area contributed by atoms with E-state index >= 15 is 0 Å². The number of anilines is 2. The van der Waals surface area contributed by atoms with Crippen molar-refractivity contribution in [2.24, 2.45) is 0 Å². The summed E-state index contributed by atoms with van der Waals surface area (Å²) in [5, 5.41) is 6.68. The lowest BCUT2D eigenvalue weighted by Gasteiger charge is -2.13. The van der Waals surface area contributed by atoms with E-state index in [-0.39, 0.29) is 0 Å². The van der Waals surface area contributed by atoms with Crippen molar-refractivity contribution in [3.8, 4) is 0 Å². The van der Waals surface area contributed by atoms with E-state index < -0.39 is 0 Å². The molecule has 0 aliphatic rings. The lowest BCUT2D eigenvalue weighted by molar-refractivity contribution is 0.751. The molecule has 1 heterocycles. The van der Waals surface area contributed by atoms with Gasteiger partial charge in [0.25, 0.3) is 0 Å². The van der Waals surface area contributed by atoms with E-state index in [2.05, 4.69) is 65.6 Å². The monoisotopic (exact) mass is 284 g/mol. The Balaban J connectivity index is 2.04. The second kappa shape index (κ2) is 7.07. The SMILES string of the molecule is CCC(C)Nc1nc(C)cc(NCc2ccc(C)cc2)n1. The van der Waals surface area contributed by atoms with E-state index in [0.29, 0.717) is 12.0 Å². The van der Waals surface area contributed by atoms with Gasteiger partial charge in [0.1, 0.15) is 5.82 Å². The third-order valence-corrected chi connectivity index (χ3v) is 3.44. The highest BCUT2D eigenvalue weighted by Crippen LogP contribution is 2.13. The lowest BCUT2D eigenvalue weighted by atomic mass is 10.1. The first kappa shape index (κ1) is 15.3. The molecule has 0 saturated heterocycles. The smallest absolute Gasteiger partial charge is 0.225 e. The first-order valence-corrected chi connectivity index (χ1v) is 7.48. The molecule has 4 nitrogen and oxygen atoms in total. The average molecular weight is 284 g/mol. The number of aryl methyl sites for hydroxylation is 2. The first-order valence-electron chi connectivity index (χ1n) is 7.48. The molecule has 0 fully saturated rings. The maximum atomic E-state index is 4.52. The van der Waals surface area contributed by atoms with Gasteiger partial charge in [0.2, 0.25) is 5.95 Å². The summed E-state index contributed by atoms with van der Waals surface area (Å²) in [6.07, 6.45) is 1.05. The molecule has 0 radical (unpaired) electrons. The Morgan fingerprint density at radius 1 is 1.10 bits per heavy atom. The zero-order valence-electron chi connectivity index (χ0n) is 13.3. The zero-order chi connectivity index (χ0) is 15.2. The molecule has 0 aliphatic heterocycles. The maximum absolute atomic E-state index is 4.52. The third kappa shape index (κ3) is 4.74. The molecule has 21 heavy (non-hydrogen) atoms. The highest BCUT2D eigenvalue weighted by Gasteiger charge is 2.05. The normalized spacial score (nSPS) is 12.0. The van der Waals surface area contributed by atoms with Crippen LogP contribution >= 0.6 is 0 Å². The number of nitrogens with zero attached hydrogens (tertiary/aromatic N) is 2. The average Bonchev–Trinajstić information content (AvgIpc) is 2.46. The minimum absolute atomic E-state index is 0.372. The van der Waals surface area contributed by atoms with Crippen molar-refractivity contribution in [2.45, 2.75) is 46.7 Å². The largest absolute Gasteiger partial charge is 0.366 e. The van der Waals surface area contributed by atoms with Gasteiger partial charge in [-0.2, -0.15) is 4.98 Å². The van der Waals surface area contributed by atoms with Crippen LogP contribution in [0.15, 0.2) is 30.3 Å². The molecule has 0 saturated carbocycles. The summed E-state index contributed by atoms with van der Waals surface area (Å²) in [5.74, 6) is 1.55. The van der Waals surface area contributed by atoms with Crippen LogP contribution in [0.2, 0.25) is 0 Å². The van der Waals surface area contributed by atoms with E-state index in [1.54, 1.807) is 0 Å². The molecule has 2 aromatic rings. The summed E-state index contributed by atoms with van der Waals surface area (Å²) in [6, 6.07) is 10.9. The van der Waals surface area contributed by atoms with E-state index in [1.807, 2.05) is 13.0 Å². The van der Waals surface area contributed by atoms with Gasteiger partial charge in [0, 0.05) is 24.3 Å². The lowest BCUT2D eigenvalue weighted by Crippen LogP contribution is -2.16. The van der Waals surface area contributed by atoms with Gasteiger partial charge in [-0.05, 0) is 32.8 Å². The summed E-state index contributed by atoms with van der Waals surface area (Å²) in [4.78, 5) is 8.95. The molecule has 2 N–H and O–H groups in total.